The molecule has 3 N–H and O–H groups in total. The lowest BCUT2D eigenvalue weighted by Gasteiger charge is -2.37. The fourth-order valence-corrected chi connectivity index (χ4v) is 3.09. The van der Waals surface area contributed by atoms with Gasteiger partial charge in [0.05, 0.1) is 6.10 Å². The Morgan fingerprint density at radius 3 is 2.52 bits per heavy atom. The number of aromatic hydroxyl groups is 1. The highest BCUT2D eigenvalue weighted by atomic mass is 16.5. The van der Waals surface area contributed by atoms with Crippen molar-refractivity contribution < 1.29 is 9.84 Å². The van der Waals surface area contributed by atoms with Gasteiger partial charge in [-0.15, -0.1) is 0 Å². The first kappa shape index (κ1) is 16.3. The summed E-state index contributed by atoms with van der Waals surface area (Å²) in [5.41, 5.74) is 6.78. The van der Waals surface area contributed by atoms with Gasteiger partial charge in [-0.2, -0.15) is 0 Å². The highest BCUT2D eigenvalue weighted by Gasteiger charge is 2.25. The Labute approximate surface area is 127 Å². The van der Waals surface area contributed by atoms with Gasteiger partial charge in [-0.1, -0.05) is 19.1 Å². The number of benzene rings is 1. The summed E-state index contributed by atoms with van der Waals surface area (Å²) in [6, 6.07) is 8.07. The van der Waals surface area contributed by atoms with Crippen LogP contribution in [0.3, 0.4) is 0 Å². The second-order valence-corrected chi connectivity index (χ2v) is 5.76. The molecule has 0 aliphatic carbocycles. The van der Waals surface area contributed by atoms with E-state index in [1.54, 1.807) is 12.1 Å². The molecule has 2 rings (SSSR count). The van der Waals surface area contributed by atoms with Crippen LogP contribution in [0.2, 0.25) is 0 Å². The number of nitrogens with zero attached hydrogens (tertiary/aromatic N) is 1. The number of phenolic OH excluding ortho intramolecular Hbond substituents is 1. The maximum absolute atomic E-state index is 9.42. The number of ether oxygens (including phenoxy) is 1. The molecule has 0 saturated carbocycles. The van der Waals surface area contributed by atoms with Crippen molar-refractivity contribution in [3.05, 3.63) is 29.8 Å². The molecule has 1 heterocycles. The zero-order valence-electron chi connectivity index (χ0n) is 13.0. The van der Waals surface area contributed by atoms with E-state index in [-0.39, 0.29) is 0 Å². The van der Waals surface area contributed by atoms with E-state index in [9.17, 15) is 5.11 Å². The molecule has 118 valence electrons. The molecule has 1 aromatic rings. The summed E-state index contributed by atoms with van der Waals surface area (Å²) in [5.74, 6) is 0.334. The molecule has 1 saturated heterocycles. The Hall–Kier alpha value is -1.10. The van der Waals surface area contributed by atoms with Gasteiger partial charge in [-0.05, 0) is 49.9 Å². The van der Waals surface area contributed by atoms with Crippen molar-refractivity contribution in [2.75, 3.05) is 26.2 Å². The van der Waals surface area contributed by atoms with Crippen molar-refractivity contribution in [1.82, 2.24) is 4.90 Å². The number of likely N-dealkylation sites (tertiary alicyclic amines) is 1. The minimum absolute atomic E-state index is 0.334. The fourth-order valence-electron chi connectivity index (χ4n) is 3.09. The number of phenols is 1. The smallest absolute Gasteiger partial charge is 0.115 e. The Bertz CT molecular complexity index is 400. The lowest BCUT2D eigenvalue weighted by molar-refractivity contribution is -0.00296. The highest BCUT2D eigenvalue weighted by molar-refractivity contribution is 5.28. The topological polar surface area (TPSA) is 58.7 Å². The number of hydrogen-bond acceptors (Lipinski definition) is 4. The number of nitrogens with two attached hydrogens (primary N) is 1. The van der Waals surface area contributed by atoms with Crippen LogP contribution >= 0.6 is 0 Å². The first-order chi connectivity index (χ1) is 10.2. The van der Waals surface area contributed by atoms with Crippen molar-refractivity contribution in [1.29, 1.82) is 0 Å². The zero-order chi connectivity index (χ0) is 15.1. The second-order valence-electron chi connectivity index (χ2n) is 5.76. The van der Waals surface area contributed by atoms with Crippen molar-refractivity contribution in [2.45, 2.75) is 44.8 Å². The summed E-state index contributed by atoms with van der Waals surface area (Å²) in [4.78, 5) is 2.54. The molecule has 1 aliphatic heterocycles. The molecule has 0 radical (unpaired) electrons. The molecule has 4 heteroatoms. The largest absolute Gasteiger partial charge is 0.508 e. The third kappa shape index (κ3) is 4.70. The van der Waals surface area contributed by atoms with E-state index in [0.717, 1.165) is 45.4 Å². The molecular weight excluding hydrogens is 264 g/mol. The van der Waals surface area contributed by atoms with E-state index in [4.69, 9.17) is 10.5 Å². The summed E-state index contributed by atoms with van der Waals surface area (Å²) in [7, 11) is 0. The first-order valence-corrected chi connectivity index (χ1v) is 8.09. The van der Waals surface area contributed by atoms with Crippen molar-refractivity contribution >= 4 is 0 Å². The predicted molar refractivity (Wildman–Crippen MR) is 85.4 cm³/mol. The van der Waals surface area contributed by atoms with Crippen LogP contribution in [0.25, 0.3) is 0 Å². The summed E-state index contributed by atoms with van der Waals surface area (Å²) in [6.45, 7) is 5.87. The number of rotatable bonds is 7. The normalized spacial score (nSPS) is 18.8. The third-order valence-corrected chi connectivity index (χ3v) is 4.28. The summed E-state index contributed by atoms with van der Waals surface area (Å²) in [6.07, 6.45) is 4.62. The van der Waals surface area contributed by atoms with Crippen LogP contribution in [-0.2, 0) is 4.74 Å². The minimum atomic E-state index is 0.334. The van der Waals surface area contributed by atoms with Crippen molar-refractivity contribution in [2.24, 2.45) is 5.73 Å². The van der Waals surface area contributed by atoms with E-state index >= 15 is 0 Å². The van der Waals surface area contributed by atoms with E-state index < -0.39 is 0 Å². The summed E-state index contributed by atoms with van der Waals surface area (Å²) in [5, 5.41) is 9.42. The maximum atomic E-state index is 9.42. The van der Waals surface area contributed by atoms with Crippen LogP contribution in [-0.4, -0.2) is 42.4 Å². The average molecular weight is 292 g/mol. The SMILES string of the molecule is CCC(c1ccc(O)cc1)N1CCC(OCCCN)CC1. The number of piperidine rings is 1. The van der Waals surface area contributed by atoms with Gasteiger partial charge in [0.15, 0.2) is 0 Å². The van der Waals surface area contributed by atoms with Crippen LogP contribution in [0.4, 0.5) is 0 Å². The molecule has 1 atom stereocenters. The lowest BCUT2D eigenvalue weighted by atomic mass is 9.98. The lowest BCUT2D eigenvalue weighted by Crippen LogP contribution is -2.39. The van der Waals surface area contributed by atoms with E-state index in [1.807, 2.05) is 12.1 Å². The molecule has 1 fully saturated rings. The van der Waals surface area contributed by atoms with Crippen LogP contribution in [0.1, 0.15) is 44.2 Å². The molecule has 0 aromatic heterocycles. The summed E-state index contributed by atoms with van der Waals surface area (Å²) >= 11 is 0. The van der Waals surface area contributed by atoms with Crippen molar-refractivity contribution in [3.8, 4) is 5.75 Å². The first-order valence-electron chi connectivity index (χ1n) is 8.09. The molecule has 1 unspecified atom stereocenters. The zero-order valence-corrected chi connectivity index (χ0v) is 13.0. The van der Waals surface area contributed by atoms with Gasteiger partial charge in [-0.25, -0.2) is 0 Å². The van der Waals surface area contributed by atoms with Gasteiger partial charge in [0.1, 0.15) is 5.75 Å². The van der Waals surface area contributed by atoms with Crippen LogP contribution in [0, 0.1) is 0 Å². The predicted octanol–water partition coefficient (Wildman–Crippen LogP) is 2.67. The average Bonchev–Trinajstić information content (AvgIpc) is 2.52. The van der Waals surface area contributed by atoms with Crippen molar-refractivity contribution in [3.63, 3.8) is 0 Å². The van der Waals surface area contributed by atoms with Crippen LogP contribution < -0.4 is 5.73 Å². The second kappa shape index (κ2) is 8.37. The molecule has 21 heavy (non-hydrogen) atoms. The quantitative estimate of drug-likeness (QED) is 0.759. The van der Waals surface area contributed by atoms with Gasteiger partial charge < -0.3 is 15.6 Å². The van der Waals surface area contributed by atoms with Gasteiger partial charge in [0.25, 0.3) is 0 Å². The number of hydrogen-bond donors (Lipinski definition) is 2. The minimum Gasteiger partial charge on any atom is -0.508 e. The molecule has 0 amide bonds. The van der Waals surface area contributed by atoms with Gasteiger partial charge in [0, 0.05) is 25.7 Å². The molecule has 1 aliphatic rings. The van der Waals surface area contributed by atoms with E-state index in [2.05, 4.69) is 11.8 Å². The molecule has 0 bridgehead atoms. The van der Waals surface area contributed by atoms with E-state index in [1.165, 1.54) is 5.56 Å². The van der Waals surface area contributed by atoms with Gasteiger partial charge in [0.2, 0.25) is 0 Å². The molecule has 1 aromatic carbocycles. The Balaban J connectivity index is 1.86. The maximum Gasteiger partial charge on any atom is 0.115 e. The van der Waals surface area contributed by atoms with Crippen LogP contribution in [0.15, 0.2) is 24.3 Å². The summed E-state index contributed by atoms with van der Waals surface area (Å²) < 4.78 is 5.87. The van der Waals surface area contributed by atoms with Crippen LogP contribution in [0.5, 0.6) is 5.75 Å². The molecular formula is C17H28N2O2. The Kier molecular flexibility index (Phi) is 6.49. The van der Waals surface area contributed by atoms with E-state index in [0.29, 0.717) is 24.4 Å². The third-order valence-electron chi connectivity index (χ3n) is 4.28. The highest BCUT2D eigenvalue weighted by Crippen LogP contribution is 2.29. The molecule has 4 nitrogen and oxygen atoms in total. The monoisotopic (exact) mass is 292 g/mol. The Morgan fingerprint density at radius 1 is 1.29 bits per heavy atom. The van der Waals surface area contributed by atoms with Gasteiger partial charge in [-0.3, -0.25) is 4.90 Å². The van der Waals surface area contributed by atoms with Gasteiger partial charge >= 0.3 is 0 Å². The fraction of sp³-hybridized carbons (Fsp3) is 0.647. The Morgan fingerprint density at radius 2 is 1.95 bits per heavy atom. The standard InChI is InChI=1S/C17H28N2O2/c1-2-17(14-4-6-15(20)7-5-14)19-11-8-16(9-12-19)21-13-3-10-18/h4-7,16-17,20H,2-3,8-13,18H2,1H3. The molecule has 0 spiro atoms.